The number of rotatable bonds is 6. The van der Waals surface area contributed by atoms with Gasteiger partial charge in [0.15, 0.2) is 23.4 Å². The van der Waals surface area contributed by atoms with Gasteiger partial charge in [-0.3, -0.25) is 4.79 Å². The van der Waals surface area contributed by atoms with Crippen molar-refractivity contribution in [2.45, 2.75) is 31.4 Å². The number of ketones is 1. The smallest absolute Gasteiger partial charge is 0.174 e. The molecule has 1 aliphatic heterocycles. The van der Waals surface area contributed by atoms with Gasteiger partial charge in [0.25, 0.3) is 0 Å². The van der Waals surface area contributed by atoms with Crippen LogP contribution in [0.25, 0.3) is 0 Å². The van der Waals surface area contributed by atoms with Gasteiger partial charge in [-0.05, 0) is 56.3 Å². The molecule has 2 heterocycles. The van der Waals surface area contributed by atoms with Gasteiger partial charge in [-0.15, -0.1) is 11.8 Å². The summed E-state index contributed by atoms with van der Waals surface area (Å²) in [6.45, 7) is 5.04. The highest BCUT2D eigenvalue weighted by molar-refractivity contribution is 8.00. The first-order chi connectivity index (χ1) is 14.0. The lowest BCUT2D eigenvalue weighted by atomic mass is 10.2. The first kappa shape index (κ1) is 19.6. The van der Waals surface area contributed by atoms with Crippen molar-refractivity contribution in [2.24, 2.45) is 0 Å². The molecule has 0 aliphatic carbocycles. The van der Waals surface area contributed by atoms with Gasteiger partial charge in [0.2, 0.25) is 0 Å². The molecular formula is C23H22FNO3S. The zero-order valence-corrected chi connectivity index (χ0v) is 17.2. The number of aromatic nitrogens is 1. The number of para-hydroxylation sites is 2. The number of carbonyl (C=O) groups excluding carboxylic acids is 1. The van der Waals surface area contributed by atoms with Crippen molar-refractivity contribution in [3.63, 3.8) is 0 Å². The SMILES string of the molecule is Cc1cc(C(=O)CSc2ccc(F)cc2)c(C)n1C[C@H]1COc2ccccc2O1. The van der Waals surface area contributed by atoms with Crippen LogP contribution in [0.5, 0.6) is 11.5 Å². The van der Waals surface area contributed by atoms with Crippen molar-refractivity contribution < 1.29 is 18.7 Å². The Labute approximate surface area is 173 Å². The topological polar surface area (TPSA) is 40.5 Å². The fourth-order valence-electron chi connectivity index (χ4n) is 3.48. The molecule has 6 heteroatoms. The van der Waals surface area contributed by atoms with Crippen LogP contribution in [0, 0.1) is 19.7 Å². The standard InChI is InChI=1S/C23H22FNO3S/c1-15-11-20(21(26)14-29-19-9-7-17(24)8-10-19)16(2)25(15)12-18-13-27-22-5-3-4-6-23(22)28-18/h3-11,18H,12-14H2,1-2H3/t18-/m0/s1. The fraction of sp³-hybridized carbons (Fsp3) is 0.261. The molecule has 0 bridgehead atoms. The van der Waals surface area contributed by atoms with Crippen molar-refractivity contribution in [1.82, 2.24) is 4.57 Å². The predicted octanol–water partition coefficient (Wildman–Crippen LogP) is 5.06. The molecule has 2 aromatic carbocycles. The minimum atomic E-state index is -0.277. The average Bonchev–Trinajstić information content (AvgIpc) is 3.01. The maximum Gasteiger partial charge on any atom is 0.174 e. The van der Waals surface area contributed by atoms with E-state index < -0.39 is 0 Å². The average molecular weight is 411 g/mol. The van der Waals surface area contributed by atoms with Crippen LogP contribution in [0.4, 0.5) is 4.39 Å². The van der Waals surface area contributed by atoms with Crippen LogP contribution in [0.2, 0.25) is 0 Å². The molecule has 0 radical (unpaired) electrons. The van der Waals surface area contributed by atoms with E-state index in [0.29, 0.717) is 24.5 Å². The number of aryl methyl sites for hydroxylation is 1. The number of benzene rings is 2. The number of Topliss-reactive ketones (excluding diaryl/α,β-unsaturated/α-hetero) is 1. The van der Waals surface area contributed by atoms with Crippen molar-refractivity contribution in [3.05, 3.63) is 77.4 Å². The molecule has 4 rings (SSSR count). The molecule has 1 atom stereocenters. The Morgan fingerprint density at radius 2 is 1.86 bits per heavy atom. The van der Waals surface area contributed by atoms with Crippen LogP contribution < -0.4 is 9.47 Å². The van der Waals surface area contributed by atoms with Crippen molar-refractivity contribution in [3.8, 4) is 11.5 Å². The van der Waals surface area contributed by atoms with Crippen molar-refractivity contribution >= 4 is 17.5 Å². The third-order valence-corrected chi connectivity index (χ3v) is 6.02. The lowest BCUT2D eigenvalue weighted by molar-refractivity contribution is 0.0777. The second kappa shape index (κ2) is 8.33. The lowest BCUT2D eigenvalue weighted by Crippen LogP contribution is -2.33. The monoisotopic (exact) mass is 411 g/mol. The van der Waals surface area contributed by atoms with Gasteiger partial charge in [0.05, 0.1) is 12.3 Å². The van der Waals surface area contributed by atoms with Crippen LogP contribution in [0.1, 0.15) is 21.7 Å². The van der Waals surface area contributed by atoms with Gasteiger partial charge >= 0.3 is 0 Å². The van der Waals surface area contributed by atoms with Gasteiger partial charge in [-0.2, -0.15) is 0 Å². The highest BCUT2D eigenvalue weighted by Gasteiger charge is 2.24. The molecule has 0 N–H and O–H groups in total. The number of hydrogen-bond acceptors (Lipinski definition) is 4. The van der Waals surface area contributed by atoms with Gasteiger partial charge < -0.3 is 14.0 Å². The molecule has 4 nitrogen and oxygen atoms in total. The van der Waals surface area contributed by atoms with E-state index in [-0.39, 0.29) is 17.7 Å². The summed E-state index contributed by atoms with van der Waals surface area (Å²) >= 11 is 1.41. The van der Waals surface area contributed by atoms with Crippen LogP contribution in [-0.4, -0.2) is 28.8 Å². The molecule has 0 saturated heterocycles. The molecule has 0 unspecified atom stereocenters. The number of carbonyl (C=O) groups is 1. The third-order valence-electron chi connectivity index (χ3n) is 5.01. The molecule has 0 amide bonds. The molecule has 150 valence electrons. The fourth-order valence-corrected chi connectivity index (χ4v) is 4.26. The lowest BCUT2D eigenvalue weighted by Gasteiger charge is -2.27. The normalized spacial score (nSPS) is 15.3. The molecule has 1 aliphatic rings. The van der Waals surface area contributed by atoms with E-state index in [1.165, 1.54) is 23.9 Å². The van der Waals surface area contributed by atoms with Crippen molar-refractivity contribution in [1.29, 1.82) is 0 Å². The Morgan fingerprint density at radius 3 is 2.62 bits per heavy atom. The Balaban J connectivity index is 1.43. The Morgan fingerprint density at radius 1 is 1.14 bits per heavy atom. The first-order valence-electron chi connectivity index (χ1n) is 9.48. The summed E-state index contributed by atoms with van der Waals surface area (Å²) in [5.74, 6) is 1.61. The van der Waals surface area contributed by atoms with Crippen LogP contribution >= 0.6 is 11.8 Å². The van der Waals surface area contributed by atoms with E-state index in [2.05, 4.69) is 4.57 Å². The van der Waals surface area contributed by atoms with Crippen LogP contribution in [-0.2, 0) is 6.54 Å². The Bertz CT molecular complexity index is 1030. The summed E-state index contributed by atoms with van der Waals surface area (Å²) in [7, 11) is 0. The summed E-state index contributed by atoms with van der Waals surface area (Å²) in [5, 5.41) is 0. The minimum absolute atomic E-state index is 0.0600. The highest BCUT2D eigenvalue weighted by Crippen LogP contribution is 2.31. The van der Waals surface area contributed by atoms with Gasteiger partial charge in [0, 0.05) is 21.8 Å². The molecule has 0 saturated carbocycles. The summed E-state index contributed by atoms with van der Waals surface area (Å²) in [6.07, 6.45) is -0.119. The highest BCUT2D eigenvalue weighted by atomic mass is 32.2. The summed E-state index contributed by atoms with van der Waals surface area (Å²) in [4.78, 5) is 13.6. The predicted molar refractivity (Wildman–Crippen MR) is 112 cm³/mol. The minimum Gasteiger partial charge on any atom is -0.486 e. The van der Waals surface area contributed by atoms with E-state index in [1.807, 2.05) is 44.2 Å². The van der Waals surface area contributed by atoms with Crippen LogP contribution in [0.15, 0.2) is 59.5 Å². The zero-order chi connectivity index (χ0) is 20.4. The Kier molecular flexibility index (Phi) is 5.62. The molecular weight excluding hydrogens is 389 g/mol. The van der Waals surface area contributed by atoms with E-state index in [4.69, 9.17) is 9.47 Å². The maximum absolute atomic E-state index is 13.0. The summed E-state index contributed by atoms with van der Waals surface area (Å²) in [6, 6.07) is 15.8. The van der Waals surface area contributed by atoms with E-state index >= 15 is 0 Å². The van der Waals surface area contributed by atoms with E-state index in [0.717, 1.165) is 27.8 Å². The molecule has 3 aromatic rings. The molecule has 1 aromatic heterocycles. The second-order valence-electron chi connectivity index (χ2n) is 7.06. The number of hydrogen-bond donors (Lipinski definition) is 0. The van der Waals surface area contributed by atoms with E-state index in [9.17, 15) is 9.18 Å². The van der Waals surface area contributed by atoms with E-state index in [1.54, 1.807) is 12.1 Å². The number of fused-ring (bicyclic) bond motifs is 1. The van der Waals surface area contributed by atoms with Gasteiger partial charge in [-0.1, -0.05) is 12.1 Å². The Hall–Kier alpha value is -2.73. The summed E-state index contributed by atoms with van der Waals surface area (Å²) in [5.41, 5.74) is 2.66. The largest absolute Gasteiger partial charge is 0.486 e. The second-order valence-corrected chi connectivity index (χ2v) is 8.11. The number of ether oxygens (including phenoxy) is 2. The van der Waals surface area contributed by atoms with Crippen molar-refractivity contribution in [2.75, 3.05) is 12.4 Å². The quantitative estimate of drug-likeness (QED) is 0.420. The maximum atomic E-state index is 13.0. The zero-order valence-electron chi connectivity index (χ0n) is 16.4. The van der Waals surface area contributed by atoms with Crippen LogP contribution in [0.3, 0.4) is 0 Å². The molecule has 0 spiro atoms. The number of nitrogens with zero attached hydrogens (tertiary/aromatic N) is 1. The van der Waals surface area contributed by atoms with Gasteiger partial charge in [0.1, 0.15) is 12.4 Å². The summed E-state index contributed by atoms with van der Waals surface area (Å²) < 4.78 is 27.0. The number of thioether (sulfide) groups is 1. The molecule has 29 heavy (non-hydrogen) atoms. The molecule has 0 fully saturated rings. The first-order valence-corrected chi connectivity index (χ1v) is 10.5. The number of halogens is 1. The third kappa shape index (κ3) is 4.32. The van der Waals surface area contributed by atoms with Gasteiger partial charge in [-0.25, -0.2) is 4.39 Å².